The predicted octanol–water partition coefficient (Wildman–Crippen LogP) is 4.51. The molecule has 1 heterocycles. The van der Waals surface area contributed by atoms with E-state index in [4.69, 9.17) is 9.47 Å². The minimum absolute atomic E-state index is 0.219. The first kappa shape index (κ1) is 20.2. The zero-order valence-corrected chi connectivity index (χ0v) is 15.4. The Morgan fingerprint density at radius 2 is 1.66 bits per heavy atom. The number of hydrogen-bond donors (Lipinski definition) is 2. The highest BCUT2D eigenvalue weighted by Gasteiger charge is 2.38. The van der Waals surface area contributed by atoms with E-state index in [0.717, 1.165) is 0 Å². The molecule has 0 saturated carbocycles. The number of nitrogens with zero attached hydrogens (tertiary/aromatic N) is 1. The smallest absolute Gasteiger partial charge is 0.433 e. The van der Waals surface area contributed by atoms with Gasteiger partial charge in [0, 0.05) is 0 Å². The Morgan fingerprint density at radius 3 is 2.24 bits per heavy atom. The van der Waals surface area contributed by atoms with Crippen LogP contribution in [-0.4, -0.2) is 29.3 Å². The molecule has 1 aromatic heterocycles. The number of amides is 1. The molecule has 0 atom stereocenters. The quantitative estimate of drug-likeness (QED) is 0.606. The zero-order valence-electron chi connectivity index (χ0n) is 15.4. The van der Waals surface area contributed by atoms with Crippen molar-refractivity contribution in [2.24, 2.45) is 0 Å². The molecule has 152 valence electrons. The van der Waals surface area contributed by atoms with Crippen molar-refractivity contribution >= 4 is 11.7 Å². The highest BCUT2D eigenvalue weighted by atomic mass is 19.4. The standard InChI is InChI=1S/C20H18F3N3O3/c1-2-28-14-8-10-15(11-9-14)29-12-16(27)24-19-17(13-6-4-3-5-7-13)18(25-26-19)20(21,22)23/h3-11H,2,12H2,1H3,(H2,24,25,26,27). The second-order valence-corrected chi connectivity index (χ2v) is 5.93. The molecule has 1 amide bonds. The number of nitrogens with one attached hydrogen (secondary N) is 2. The van der Waals surface area contributed by atoms with Crippen LogP contribution >= 0.6 is 0 Å². The Morgan fingerprint density at radius 1 is 1.03 bits per heavy atom. The number of carbonyl (C=O) groups is 1. The molecule has 0 saturated heterocycles. The van der Waals surface area contributed by atoms with Gasteiger partial charge in [-0.05, 0) is 36.8 Å². The van der Waals surface area contributed by atoms with Crippen LogP contribution in [-0.2, 0) is 11.0 Å². The first-order valence-corrected chi connectivity index (χ1v) is 8.75. The maximum absolute atomic E-state index is 13.3. The lowest BCUT2D eigenvalue weighted by Gasteiger charge is -2.10. The number of ether oxygens (including phenoxy) is 2. The second-order valence-electron chi connectivity index (χ2n) is 5.93. The van der Waals surface area contributed by atoms with E-state index < -0.39 is 24.4 Å². The lowest BCUT2D eigenvalue weighted by atomic mass is 10.1. The van der Waals surface area contributed by atoms with E-state index in [9.17, 15) is 18.0 Å². The van der Waals surface area contributed by atoms with Crippen molar-refractivity contribution in [2.75, 3.05) is 18.5 Å². The molecule has 0 unspecified atom stereocenters. The highest BCUT2D eigenvalue weighted by molar-refractivity contribution is 5.95. The van der Waals surface area contributed by atoms with Gasteiger partial charge in [-0.3, -0.25) is 9.89 Å². The Hall–Kier alpha value is -3.49. The lowest BCUT2D eigenvalue weighted by Crippen LogP contribution is -2.20. The number of H-pyrrole nitrogens is 1. The van der Waals surface area contributed by atoms with Crippen molar-refractivity contribution in [1.29, 1.82) is 0 Å². The summed E-state index contributed by atoms with van der Waals surface area (Å²) < 4.78 is 50.6. The summed E-state index contributed by atoms with van der Waals surface area (Å²) in [5.74, 6) is 0.220. The summed E-state index contributed by atoms with van der Waals surface area (Å²) in [6.45, 7) is 1.99. The summed E-state index contributed by atoms with van der Waals surface area (Å²) in [5.41, 5.74) is -0.991. The maximum atomic E-state index is 13.3. The molecule has 0 radical (unpaired) electrons. The van der Waals surface area contributed by atoms with Crippen LogP contribution in [0.5, 0.6) is 11.5 Å². The predicted molar refractivity (Wildman–Crippen MR) is 101 cm³/mol. The Balaban J connectivity index is 1.72. The Bertz CT molecular complexity index is 955. The molecule has 0 bridgehead atoms. The molecule has 3 aromatic rings. The molecule has 2 aromatic carbocycles. The fraction of sp³-hybridized carbons (Fsp3) is 0.200. The number of benzene rings is 2. The molecule has 0 spiro atoms. The minimum atomic E-state index is -4.65. The van der Waals surface area contributed by atoms with Gasteiger partial charge < -0.3 is 14.8 Å². The SMILES string of the molecule is CCOc1ccc(OCC(=O)Nc2n[nH]c(C(F)(F)F)c2-c2ccccc2)cc1. The van der Waals surface area contributed by atoms with E-state index >= 15 is 0 Å². The van der Waals surface area contributed by atoms with Gasteiger partial charge in [-0.15, -0.1) is 0 Å². The van der Waals surface area contributed by atoms with Crippen LogP contribution < -0.4 is 14.8 Å². The highest BCUT2D eigenvalue weighted by Crippen LogP contribution is 2.39. The molecule has 9 heteroatoms. The topological polar surface area (TPSA) is 76.2 Å². The summed E-state index contributed by atoms with van der Waals surface area (Å²) >= 11 is 0. The Kier molecular flexibility index (Phi) is 6.06. The number of anilines is 1. The summed E-state index contributed by atoms with van der Waals surface area (Å²) in [7, 11) is 0. The third kappa shape index (κ3) is 5.07. The van der Waals surface area contributed by atoms with Gasteiger partial charge in [0.25, 0.3) is 5.91 Å². The number of hydrogen-bond acceptors (Lipinski definition) is 4. The monoisotopic (exact) mass is 405 g/mol. The molecular formula is C20H18F3N3O3. The van der Waals surface area contributed by atoms with Crippen molar-refractivity contribution in [3.63, 3.8) is 0 Å². The summed E-state index contributed by atoms with van der Waals surface area (Å²) in [4.78, 5) is 12.2. The fourth-order valence-corrected chi connectivity index (χ4v) is 2.64. The average molecular weight is 405 g/mol. The van der Waals surface area contributed by atoms with Gasteiger partial charge >= 0.3 is 6.18 Å². The van der Waals surface area contributed by atoms with Gasteiger partial charge in [0.05, 0.1) is 12.2 Å². The number of rotatable bonds is 7. The summed E-state index contributed by atoms with van der Waals surface area (Å²) in [6, 6.07) is 14.5. The van der Waals surface area contributed by atoms with Crippen molar-refractivity contribution in [3.8, 4) is 22.6 Å². The first-order valence-electron chi connectivity index (χ1n) is 8.75. The largest absolute Gasteiger partial charge is 0.494 e. The summed E-state index contributed by atoms with van der Waals surface area (Å²) in [6.07, 6.45) is -4.65. The molecular weight excluding hydrogens is 387 g/mol. The fourth-order valence-electron chi connectivity index (χ4n) is 2.64. The van der Waals surface area contributed by atoms with Gasteiger partial charge in [-0.2, -0.15) is 18.3 Å². The van der Waals surface area contributed by atoms with E-state index in [1.165, 1.54) is 12.1 Å². The molecule has 2 N–H and O–H groups in total. The van der Waals surface area contributed by atoms with Crippen LogP contribution in [0.3, 0.4) is 0 Å². The zero-order chi connectivity index (χ0) is 20.9. The van der Waals surface area contributed by atoms with E-state index in [1.807, 2.05) is 12.0 Å². The molecule has 29 heavy (non-hydrogen) atoms. The van der Waals surface area contributed by atoms with Crippen LogP contribution in [0, 0.1) is 0 Å². The van der Waals surface area contributed by atoms with E-state index in [0.29, 0.717) is 18.1 Å². The van der Waals surface area contributed by atoms with Gasteiger partial charge in [-0.25, -0.2) is 0 Å². The van der Waals surface area contributed by atoms with Crippen LogP contribution in [0.4, 0.5) is 19.0 Å². The molecule has 0 fully saturated rings. The van der Waals surface area contributed by atoms with Crippen molar-refractivity contribution in [3.05, 3.63) is 60.3 Å². The number of aromatic amines is 1. The van der Waals surface area contributed by atoms with Crippen LogP contribution in [0.25, 0.3) is 11.1 Å². The molecule has 3 rings (SSSR count). The van der Waals surface area contributed by atoms with E-state index in [-0.39, 0.29) is 16.9 Å². The molecule has 0 aliphatic rings. The molecule has 6 nitrogen and oxygen atoms in total. The molecule has 0 aliphatic heterocycles. The number of halogens is 3. The van der Waals surface area contributed by atoms with Crippen molar-refractivity contribution in [1.82, 2.24) is 10.2 Å². The van der Waals surface area contributed by atoms with Crippen molar-refractivity contribution < 1.29 is 27.4 Å². The van der Waals surface area contributed by atoms with Gasteiger partial charge in [0.15, 0.2) is 12.4 Å². The number of alkyl halides is 3. The van der Waals surface area contributed by atoms with Crippen LogP contribution in [0.1, 0.15) is 12.6 Å². The van der Waals surface area contributed by atoms with E-state index in [2.05, 4.69) is 10.4 Å². The third-order valence-electron chi connectivity index (χ3n) is 3.87. The average Bonchev–Trinajstić information content (AvgIpc) is 3.12. The lowest BCUT2D eigenvalue weighted by molar-refractivity contribution is -0.140. The van der Waals surface area contributed by atoms with Gasteiger partial charge in [0.2, 0.25) is 0 Å². The summed E-state index contributed by atoms with van der Waals surface area (Å²) in [5, 5.41) is 7.98. The molecule has 0 aliphatic carbocycles. The minimum Gasteiger partial charge on any atom is -0.494 e. The maximum Gasteiger partial charge on any atom is 0.433 e. The van der Waals surface area contributed by atoms with Crippen LogP contribution in [0.2, 0.25) is 0 Å². The Labute approximate surface area is 164 Å². The van der Waals surface area contributed by atoms with Crippen LogP contribution in [0.15, 0.2) is 54.6 Å². The third-order valence-corrected chi connectivity index (χ3v) is 3.87. The van der Waals surface area contributed by atoms with Gasteiger partial charge in [-0.1, -0.05) is 30.3 Å². The normalized spacial score (nSPS) is 11.2. The van der Waals surface area contributed by atoms with E-state index in [1.54, 1.807) is 42.5 Å². The van der Waals surface area contributed by atoms with Gasteiger partial charge in [0.1, 0.15) is 17.2 Å². The number of carbonyl (C=O) groups excluding carboxylic acids is 1. The first-order chi connectivity index (χ1) is 13.9. The second kappa shape index (κ2) is 8.68. The number of aromatic nitrogens is 2. The van der Waals surface area contributed by atoms with Crippen molar-refractivity contribution in [2.45, 2.75) is 13.1 Å².